The van der Waals surface area contributed by atoms with Crippen LogP contribution in [0, 0.1) is 47.3 Å². The summed E-state index contributed by atoms with van der Waals surface area (Å²) < 4.78 is 0. The molecule has 0 spiro atoms. The minimum atomic E-state index is -1.84. The highest BCUT2D eigenvalue weighted by atomic mass is 32.1. The van der Waals surface area contributed by atoms with Crippen molar-refractivity contribution in [3.63, 3.8) is 0 Å². The van der Waals surface area contributed by atoms with Crippen LogP contribution in [0.5, 0.6) is 5.75 Å². The number of aliphatic hydroxyl groups is 1. The number of amides is 1. The Hall–Kier alpha value is -3.48. The molecular weight excluding hydrogens is 620 g/mol. The molecule has 5 N–H and O–H groups in total. The first kappa shape index (κ1) is 30.8. The molecule has 6 saturated carbocycles. The van der Waals surface area contributed by atoms with Gasteiger partial charge in [-0.3, -0.25) is 28.9 Å². The predicted octanol–water partition coefficient (Wildman–Crippen LogP) is 2.95. The maximum Gasteiger partial charge on any atom is 0.235 e. The van der Waals surface area contributed by atoms with E-state index in [1.165, 1.54) is 54.8 Å². The molecule has 5 unspecified atom stereocenters. The van der Waals surface area contributed by atoms with E-state index in [4.69, 9.17) is 10.7 Å². The highest BCUT2D eigenvalue weighted by Gasteiger charge is 2.65. The summed E-state index contributed by atoms with van der Waals surface area (Å²) in [4.78, 5) is 73.9. The lowest BCUT2D eigenvalue weighted by Gasteiger charge is -2.56. The summed E-state index contributed by atoms with van der Waals surface area (Å²) in [5.41, 5.74) is 7.38. The monoisotopic (exact) mass is 660 g/mol. The van der Waals surface area contributed by atoms with E-state index in [-0.39, 0.29) is 22.4 Å². The molecule has 7 aliphatic carbocycles. The number of carbonyl (C=O) groups is 5. The van der Waals surface area contributed by atoms with Gasteiger partial charge in [-0.05, 0) is 87.9 Å². The number of aromatic hydroxyl groups is 1. The van der Waals surface area contributed by atoms with Crippen molar-refractivity contribution in [2.75, 3.05) is 19.4 Å². The second kappa shape index (κ2) is 10.5. The first-order chi connectivity index (χ1) is 22.3. The Balaban J connectivity index is 1.12. The third-order valence-electron chi connectivity index (χ3n) is 12.7. The van der Waals surface area contributed by atoms with Crippen LogP contribution in [0.15, 0.2) is 17.5 Å². The van der Waals surface area contributed by atoms with Gasteiger partial charge in [0.2, 0.25) is 5.91 Å². The van der Waals surface area contributed by atoms with Crippen LogP contribution in [0.1, 0.15) is 73.0 Å². The number of hydrogen-bond donors (Lipinski definition) is 4. The Morgan fingerprint density at radius 3 is 2.21 bits per heavy atom. The van der Waals surface area contributed by atoms with Gasteiger partial charge in [0.1, 0.15) is 5.75 Å². The molecule has 0 aliphatic heterocycles. The molecular formula is C35H40N4O7S. The topological polar surface area (TPSA) is 180 Å². The van der Waals surface area contributed by atoms with Gasteiger partial charge in [-0.2, -0.15) is 0 Å². The SMILES string of the molecule is C[C@H]1c2ccc(Nc3nc(C45CC6CC(CC(C6)C4)C5)cs3)c(O)c2C(=O)C2C(=O)C3C(=O)C(C(N)=O)C(=O)[C@@H](N(C)C)C3[C@@H](O)C21. The number of fused-ring (bicyclic) bond motifs is 3. The molecule has 0 saturated heterocycles. The summed E-state index contributed by atoms with van der Waals surface area (Å²) in [6.45, 7) is 1.77. The van der Waals surface area contributed by atoms with Gasteiger partial charge < -0.3 is 21.3 Å². The molecule has 7 aliphatic rings. The number of ketones is 4. The number of aliphatic hydroxyl groups excluding tert-OH is 1. The Morgan fingerprint density at radius 1 is 0.979 bits per heavy atom. The second-order valence-corrected chi connectivity index (χ2v) is 16.3. The minimum Gasteiger partial charge on any atom is -0.505 e. The number of rotatable bonds is 5. The lowest BCUT2D eigenvalue weighted by Crippen LogP contribution is -2.69. The molecule has 1 amide bonds. The highest BCUT2D eigenvalue weighted by molar-refractivity contribution is 7.13. The molecule has 8 atom stereocenters. The zero-order valence-corrected chi connectivity index (χ0v) is 27.5. The van der Waals surface area contributed by atoms with Crippen LogP contribution in [0.25, 0.3) is 0 Å². The smallest absolute Gasteiger partial charge is 0.235 e. The van der Waals surface area contributed by atoms with Crippen LogP contribution in [0.4, 0.5) is 10.8 Å². The van der Waals surface area contributed by atoms with E-state index in [1.54, 1.807) is 33.2 Å². The first-order valence-corrected chi connectivity index (χ1v) is 17.6. The number of aromatic nitrogens is 1. The zero-order chi connectivity index (χ0) is 33.3. The lowest BCUT2D eigenvalue weighted by atomic mass is 9.49. The molecule has 1 heterocycles. The fourth-order valence-corrected chi connectivity index (χ4v) is 12.0. The number of nitrogens with one attached hydrogen (secondary N) is 1. The normalized spacial score (nSPS) is 40.3. The number of thiazole rings is 1. The third kappa shape index (κ3) is 4.29. The van der Waals surface area contributed by atoms with Crippen molar-refractivity contribution in [3.8, 4) is 5.75 Å². The van der Waals surface area contributed by atoms with E-state index >= 15 is 0 Å². The molecule has 6 fully saturated rings. The highest BCUT2D eigenvalue weighted by Crippen LogP contribution is 2.61. The molecule has 248 valence electrons. The second-order valence-electron chi connectivity index (χ2n) is 15.5. The molecule has 47 heavy (non-hydrogen) atoms. The van der Waals surface area contributed by atoms with Crippen LogP contribution in [-0.2, 0) is 24.6 Å². The third-order valence-corrected chi connectivity index (χ3v) is 13.4. The lowest BCUT2D eigenvalue weighted by molar-refractivity contribution is -0.167. The van der Waals surface area contributed by atoms with Gasteiger partial charge in [0.05, 0.1) is 40.9 Å². The van der Waals surface area contributed by atoms with Gasteiger partial charge in [0, 0.05) is 22.6 Å². The van der Waals surface area contributed by atoms with E-state index < -0.39 is 76.7 Å². The molecule has 9 rings (SSSR count). The number of phenolic OH excluding ortho intramolecular Hbond substituents is 1. The van der Waals surface area contributed by atoms with Crippen molar-refractivity contribution in [1.29, 1.82) is 0 Å². The summed E-state index contributed by atoms with van der Waals surface area (Å²) in [5.74, 6) is -9.82. The van der Waals surface area contributed by atoms with Crippen molar-refractivity contribution >= 4 is 51.2 Å². The number of likely N-dealkylation sites (N-methyl/N-ethyl adjacent to an activating group) is 1. The van der Waals surface area contributed by atoms with Gasteiger partial charge in [0.15, 0.2) is 34.2 Å². The van der Waals surface area contributed by atoms with Crippen molar-refractivity contribution in [2.45, 2.75) is 68.9 Å². The Labute approximate surface area is 276 Å². The zero-order valence-electron chi connectivity index (χ0n) is 26.6. The molecule has 12 heteroatoms. The van der Waals surface area contributed by atoms with Crippen molar-refractivity contribution in [2.24, 2.45) is 53.1 Å². The number of Topliss-reactive ketones (excluding diaryl/α,β-unsaturated/α-hetero) is 4. The average Bonchev–Trinajstić information content (AvgIpc) is 3.47. The maximum absolute atomic E-state index is 14.2. The van der Waals surface area contributed by atoms with Gasteiger partial charge in [-0.1, -0.05) is 13.0 Å². The van der Waals surface area contributed by atoms with Crippen LogP contribution >= 0.6 is 11.3 Å². The van der Waals surface area contributed by atoms with Crippen molar-refractivity contribution < 1.29 is 34.2 Å². The number of nitrogens with two attached hydrogens (primary N) is 1. The van der Waals surface area contributed by atoms with Crippen LogP contribution in [-0.4, -0.2) is 75.4 Å². The fraction of sp³-hybridized carbons (Fsp3) is 0.600. The van der Waals surface area contributed by atoms with Crippen LogP contribution < -0.4 is 11.1 Å². The first-order valence-electron chi connectivity index (χ1n) is 16.7. The van der Waals surface area contributed by atoms with Crippen molar-refractivity contribution in [1.82, 2.24) is 9.88 Å². The Kier molecular flexibility index (Phi) is 6.89. The Bertz CT molecular complexity index is 1720. The van der Waals surface area contributed by atoms with Gasteiger partial charge in [0.25, 0.3) is 0 Å². The maximum atomic E-state index is 14.2. The van der Waals surface area contributed by atoms with E-state index in [9.17, 15) is 34.2 Å². The Morgan fingerprint density at radius 2 is 1.62 bits per heavy atom. The number of nitrogens with zero attached hydrogens (tertiary/aromatic N) is 2. The number of hydrogen-bond acceptors (Lipinski definition) is 11. The van der Waals surface area contributed by atoms with E-state index in [2.05, 4.69) is 10.7 Å². The minimum absolute atomic E-state index is 0.0319. The molecule has 0 radical (unpaired) electrons. The van der Waals surface area contributed by atoms with Gasteiger partial charge >= 0.3 is 0 Å². The van der Waals surface area contributed by atoms with Gasteiger partial charge in [-0.25, -0.2) is 4.98 Å². The summed E-state index contributed by atoms with van der Waals surface area (Å²) in [6.07, 6.45) is 6.14. The van der Waals surface area contributed by atoms with E-state index in [1.807, 2.05) is 0 Å². The largest absolute Gasteiger partial charge is 0.505 e. The van der Waals surface area contributed by atoms with Gasteiger partial charge in [-0.15, -0.1) is 11.3 Å². The average molecular weight is 661 g/mol. The molecule has 2 aromatic rings. The quantitative estimate of drug-likeness (QED) is 0.275. The fourth-order valence-electron chi connectivity index (χ4n) is 11.2. The number of phenols is 1. The summed E-state index contributed by atoms with van der Waals surface area (Å²) in [6, 6.07) is 2.27. The molecule has 4 bridgehead atoms. The number of benzene rings is 1. The predicted molar refractivity (Wildman–Crippen MR) is 171 cm³/mol. The number of anilines is 2. The standard InChI is InChI=1S/C35H40N4O7S/c1-13-17-4-5-18(37-34-38-19(12-47-34)35-9-14-6-15(10-35)8-16(7-14)11-35)27(40)21(17)29(42)23-20(13)28(41)22-24(30(23)43)31(44)25(33(36)46)32(45)26(22)39(2)3/h4-5,12-16,20,22-26,28,40-41H,6-11H2,1-3H3,(H2,36,46)(H,37,38)/t13-,14?,15?,16?,20?,22?,23?,24?,25?,26-,28-,35?/m0/s1. The van der Waals surface area contributed by atoms with Crippen LogP contribution in [0.2, 0.25) is 0 Å². The number of primary amides is 1. The van der Waals surface area contributed by atoms with Crippen LogP contribution in [0.3, 0.4) is 0 Å². The molecule has 11 nitrogen and oxygen atoms in total. The summed E-state index contributed by atoms with van der Waals surface area (Å²) in [7, 11) is 3.14. The number of carbonyl (C=O) groups excluding carboxylic acids is 5. The summed E-state index contributed by atoms with van der Waals surface area (Å²) >= 11 is 1.47. The van der Waals surface area contributed by atoms with E-state index in [0.29, 0.717) is 10.7 Å². The van der Waals surface area contributed by atoms with Crippen molar-refractivity contribution in [3.05, 3.63) is 34.3 Å². The summed E-state index contributed by atoms with van der Waals surface area (Å²) in [5, 5.41) is 29.3. The molecule has 1 aromatic carbocycles. The van der Waals surface area contributed by atoms with E-state index in [0.717, 1.165) is 23.4 Å². The molecule has 1 aromatic heterocycles.